The van der Waals surface area contributed by atoms with E-state index in [1.54, 1.807) is 0 Å². The molecule has 1 rings (SSSR count). The van der Waals surface area contributed by atoms with Crippen LogP contribution in [-0.4, -0.2) is 42.2 Å². The fraction of sp³-hybridized carbons (Fsp3) is 0.917. The van der Waals surface area contributed by atoms with Gasteiger partial charge in [-0.15, -0.1) is 0 Å². The molecule has 0 aromatic heterocycles. The third-order valence-corrected chi connectivity index (χ3v) is 3.38. The Kier molecular flexibility index (Phi) is 6.92. The van der Waals surface area contributed by atoms with Crippen LogP contribution in [0.3, 0.4) is 0 Å². The van der Waals surface area contributed by atoms with Crippen molar-refractivity contribution >= 4 is 17.2 Å². The van der Waals surface area contributed by atoms with Gasteiger partial charge in [-0.1, -0.05) is 32.0 Å². The highest BCUT2D eigenvalue weighted by Gasteiger charge is 2.23. The highest BCUT2D eigenvalue weighted by molar-refractivity contribution is 7.80. The van der Waals surface area contributed by atoms with Crippen molar-refractivity contribution in [1.82, 2.24) is 4.90 Å². The monoisotopic (exact) mass is 244 g/mol. The summed E-state index contributed by atoms with van der Waals surface area (Å²) in [4.78, 5) is 3.02. The van der Waals surface area contributed by atoms with Gasteiger partial charge in [0.25, 0.3) is 0 Å². The fourth-order valence-electron chi connectivity index (χ4n) is 2.11. The molecule has 0 aromatic carbocycles. The van der Waals surface area contributed by atoms with E-state index >= 15 is 0 Å². The van der Waals surface area contributed by atoms with Crippen LogP contribution in [0.5, 0.6) is 0 Å². The van der Waals surface area contributed by atoms with E-state index in [-0.39, 0.29) is 0 Å². The van der Waals surface area contributed by atoms with E-state index in [0.29, 0.717) is 11.0 Å². The summed E-state index contributed by atoms with van der Waals surface area (Å²) in [5.74, 6) is 0. The molecule has 1 atom stereocenters. The van der Waals surface area contributed by atoms with Gasteiger partial charge in [0.2, 0.25) is 0 Å². The van der Waals surface area contributed by atoms with Crippen molar-refractivity contribution in [2.75, 3.05) is 26.3 Å². The van der Waals surface area contributed by atoms with Crippen molar-refractivity contribution in [3.05, 3.63) is 0 Å². The lowest BCUT2D eigenvalue weighted by molar-refractivity contribution is 0.0855. The van der Waals surface area contributed by atoms with Gasteiger partial charge in [0.15, 0.2) is 0 Å². The zero-order valence-corrected chi connectivity index (χ0v) is 11.1. The summed E-state index contributed by atoms with van der Waals surface area (Å²) >= 11 is 5.11. The third kappa shape index (κ3) is 4.76. The summed E-state index contributed by atoms with van der Waals surface area (Å²) in [7, 11) is 0. The molecule has 1 aliphatic heterocycles. The molecular weight excluding hydrogens is 220 g/mol. The van der Waals surface area contributed by atoms with Gasteiger partial charge in [0, 0.05) is 13.2 Å². The normalized spacial score (nSPS) is 22.2. The molecule has 0 bridgehead atoms. The number of rotatable bonds is 7. The SMILES string of the molecule is CCCCOCCN1CCCCC1C(N)=S. The van der Waals surface area contributed by atoms with Crippen LogP contribution in [0.2, 0.25) is 0 Å². The second-order valence-electron chi connectivity index (χ2n) is 4.42. The molecule has 1 saturated heterocycles. The maximum absolute atomic E-state index is 5.76. The first kappa shape index (κ1) is 13.9. The van der Waals surface area contributed by atoms with E-state index < -0.39 is 0 Å². The summed E-state index contributed by atoms with van der Waals surface area (Å²) in [5, 5.41) is 0. The maximum atomic E-state index is 5.76. The molecule has 0 aliphatic carbocycles. The number of hydrogen-bond donors (Lipinski definition) is 1. The van der Waals surface area contributed by atoms with E-state index in [4.69, 9.17) is 22.7 Å². The van der Waals surface area contributed by atoms with Crippen LogP contribution in [0, 0.1) is 0 Å². The molecule has 2 N–H and O–H groups in total. The minimum atomic E-state index is 0.304. The molecule has 94 valence electrons. The Labute approximate surface area is 104 Å². The van der Waals surface area contributed by atoms with Crippen LogP contribution in [-0.2, 0) is 4.74 Å². The number of nitrogens with zero attached hydrogens (tertiary/aromatic N) is 1. The molecule has 1 fully saturated rings. The highest BCUT2D eigenvalue weighted by atomic mass is 32.1. The average molecular weight is 244 g/mol. The Hall–Kier alpha value is -0.190. The van der Waals surface area contributed by atoms with Gasteiger partial charge in [-0.05, 0) is 25.8 Å². The number of piperidine rings is 1. The quantitative estimate of drug-likeness (QED) is 0.549. The van der Waals surface area contributed by atoms with Gasteiger partial charge >= 0.3 is 0 Å². The Balaban J connectivity index is 2.19. The zero-order valence-electron chi connectivity index (χ0n) is 10.3. The number of unbranched alkanes of at least 4 members (excludes halogenated alkanes) is 1. The molecule has 1 heterocycles. The summed E-state index contributed by atoms with van der Waals surface area (Å²) in [6.07, 6.45) is 5.96. The van der Waals surface area contributed by atoms with E-state index in [2.05, 4.69) is 11.8 Å². The second-order valence-corrected chi connectivity index (χ2v) is 4.89. The summed E-state index contributed by atoms with van der Waals surface area (Å²) in [5.41, 5.74) is 5.76. The van der Waals surface area contributed by atoms with Crippen LogP contribution in [0.4, 0.5) is 0 Å². The van der Waals surface area contributed by atoms with Gasteiger partial charge in [-0.25, -0.2) is 0 Å². The first-order valence-electron chi connectivity index (χ1n) is 6.36. The number of ether oxygens (including phenoxy) is 1. The van der Waals surface area contributed by atoms with Crippen LogP contribution < -0.4 is 5.73 Å². The lowest BCUT2D eigenvalue weighted by Crippen LogP contribution is -2.48. The predicted molar refractivity (Wildman–Crippen MR) is 71.7 cm³/mol. The minimum absolute atomic E-state index is 0.304. The molecular formula is C12H24N2OS. The summed E-state index contributed by atoms with van der Waals surface area (Å²) in [6.45, 7) is 5.93. The molecule has 0 spiro atoms. The first-order valence-corrected chi connectivity index (χ1v) is 6.77. The van der Waals surface area contributed by atoms with Crippen LogP contribution in [0.1, 0.15) is 39.0 Å². The number of thiocarbonyl (C=S) groups is 1. The Morgan fingerprint density at radius 3 is 2.94 bits per heavy atom. The van der Waals surface area contributed by atoms with E-state index in [1.165, 1.54) is 19.3 Å². The van der Waals surface area contributed by atoms with Crippen molar-refractivity contribution < 1.29 is 4.74 Å². The van der Waals surface area contributed by atoms with Crippen molar-refractivity contribution in [2.24, 2.45) is 5.73 Å². The van der Waals surface area contributed by atoms with Crippen molar-refractivity contribution in [2.45, 2.75) is 45.1 Å². The molecule has 4 heteroatoms. The molecule has 0 radical (unpaired) electrons. The molecule has 16 heavy (non-hydrogen) atoms. The van der Waals surface area contributed by atoms with Crippen molar-refractivity contribution in [3.8, 4) is 0 Å². The van der Waals surface area contributed by atoms with E-state index in [1.807, 2.05) is 0 Å². The highest BCUT2D eigenvalue weighted by Crippen LogP contribution is 2.16. The van der Waals surface area contributed by atoms with Gasteiger partial charge in [-0.3, -0.25) is 4.90 Å². The van der Waals surface area contributed by atoms with Gasteiger partial charge in [0.05, 0.1) is 17.6 Å². The molecule has 1 unspecified atom stereocenters. The van der Waals surface area contributed by atoms with Crippen molar-refractivity contribution in [3.63, 3.8) is 0 Å². The lowest BCUT2D eigenvalue weighted by atomic mass is 10.0. The molecule has 0 amide bonds. The van der Waals surface area contributed by atoms with Crippen LogP contribution in [0.25, 0.3) is 0 Å². The van der Waals surface area contributed by atoms with E-state index in [0.717, 1.165) is 39.1 Å². The minimum Gasteiger partial charge on any atom is -0.392 e. The average Bonchev–Trinajstić information content (AvgIpc) is 2.29. The van der Waals surface area contributed by atoms with Gasteiger partial charge in [-0.2, -0.15) is 0 Å². The fourth-order valence-corrected chi connectivity index (χ4v) is 2.38. The standard InChI is InChI=1S/C12H24N2OS/c1-2-3-9-15-10-8-14-7-5-4-6-11(14)12(13)16/h11H,2-10H2,1H3,(H2,13,16). The number of nitrogens with two attached hydrogens (primary N) is 1. The first-order chi connectivity index (χ1) is 7.75. The van der Waals surface area contributed by atoms with E-state index in [9.17, 15) is 0 Å². The van der Waals surface area contributed by atoms with Crippen LogP contribution >= 0.6 is 12.2 Å². The Morgan fingerprint density at radius 1 is 1.44 bits per heavy atom. The summed E-state index contributed by atoms with van der Waals surface area (Å²) < 4.78 is 5.58. The van der Waals surface area contributed by atoms with Gasteiger partial charge in [0.1, 0.15) is 0 Å². The maximum Gasteiger partial charge on any atom is 0.0902 e. The Bertz CT molecular complexity index is 211. The summed E-state index contributed by atoms with van der Waals surface area (Å²) in [6, 6.07) is 0.304. The second kappa shape index (κ2) is 7.98. The zero-order chi connectivity index (χ0) is 11.8. The number of likely N-dealkylation sites (tertiary alicyclic amines) is 1. The number of hydrogen-bond acceptors (Lipinski definition) is 3. The van der Waals surface area contributed by atoms with Crippen molar-refractivity contribution in [1.29, 1.82) is 0 Å². The molecule has 3 nitrogen and oxygen atoms in total. The van der Waals surface area contributed by atoms with Gasteiger partial charge < -0.3 is 10.5 Å². The van der Waals surface area contributed by atoms with Crippen LogP contribution in [0.15, 0.2) is 0 Å². The third-order valence-electron chi connectivity index (χ3n) is 3.11. The molecule has 1 aliphatic rings. The molecule has 0 saturated carbocycles. The molecule has 0 aromatic rings. The topological polar surface area (TPSA) is 38.5 Å². The lowest BCUT2D eigenvalue weighted by Gasteiger charge is -2.34. The Morgan fingerprint density at radius 2 is 2.25 bits per heavy atom. The predicted octanol–water partition coefficient (Wildman–Crippen LogP) is 1.94. The largest absolute Gasteiger partial charge is 0.392 e. The smallest absolute Gasteiger partial charge is 0.0902 e.